The van der Waals surface area contributed by atoms with E-state index in [2.05, 4.69) is 31.8 Å². The number of aryl methyl sites for hydroxylation is 1. The van der Waals surface area contributed by atoms with Gasteiger partial charge in [0, 0.05) is 44.3 Å². The van der Waals surface area contributed by atoms with Crippen LogP contribution in [-0.2, 0) is 31.5 Å². The van der Waals surface area contributed by atoms with E-state index in [0.29, 0.717) is 38.5 Å². The van der Waals surface area contributed by atoms with Gasteiger partial charge in [-0.15, -0.1) is 0 Å². The van der Waals surface area contributed by atoms with Crippen LogP contribution in [-0.4, -0.2) is 68.7 Å². The number of nitrogens with zero attached hydrogens (tertiary/aromatic N) is 2. The molecule has 4 heterocycles. The fourth-order valence-electron chi connectivity index (χ4n) is 5.57. The molecule has 2 fully saturated rings. The first-order valence-corrected chi connectivity index (χ1v) is 15.8. The molecule has 1 spiro atoms. The molecule has 0 aliphatic carbocycles. The zero-order valence-electron chi connectivity index (χ0n) is 23.3. The van der Waals surface area contributed by atoms with Gasteiger partial charge in [-0.3, -0.25) is 4.98 Å². The van der Waals surface area contributed by atoms with E-state index in [1.165, 1.54) is 0 Å². The zero-order valence-corrected chi connectivity index (χ0v) is 24.1. The van der Waals surface area contributed by atoms with Crippen molar-refractivity contribution in [3.63, 3.8) is 0 Å². The lowest BCUT2D eigenvalue weighted by Crippen LogP contribution is -2.51. The van der Waals surface area contributed by atoms with Crippen molar-refractivity contribution < 1.29 is 27.4 Å². The highest BCUT2D eigenvalue weighted by molar-refractivity contribution is 7.90. The Labute approximate surface area is 232 Å². The van der Waals surface area contributed by atoms with Gasteiger partial charge >= 0.3 is 6.09 Å². The topological polar surface area (TPSA) is 95.0 Å². The first-order chi connectivity index (χ1) is 18.5. The van der Waals surface area contributed by atoms with Crippen molar-refractivity contribution in [3.8, 4) is 17.0 Å². The van der Waals surface area contributed by atoms with E-state index in [1.54, 1.807) is 11.1 Å². The molecule has 0 bridgehead atoms. The van der Waals surface area contributed by atoms with E-state index in [0.717, 1.165) is 54.7 Å². The molecule has 0 radical (unpaired) electrons. The molecule has 2 saturated heterocycles. The molecular formula is C30H40N2O6S. The quantitative estimate of drug-likeness (QED) is 0.492. The van der Waals surface area contributed by atoms with Gasteiger partial charge in [-0.2, -0.15) is 0 Å². The summed E-state index contributed by atoms with van der Waals surface area (Å²) < 4.78 is 42.5. The highest BCUT2D eigenvalue weighted by Gasteiger charge is 2.41. The van der Waals surface area contributed by atoms with Crippen LogP contribution in [0.3, 0.4) is 0 Å². The monoisotopic (exact) mass is 556 g/mol. The fraction of sp³-hybridized carbons (Fsp3) is 0.600. The third-order valence-electron chi connectivity index (χ3n) is 7.82. The summed E-state index contributed by atoms with van der Waals surface area (Å²) in [5.74, 6) is 1.16. The Bertz CT molecular complexity index is 1270. The minimum atomic E-state index is -3.20. The predicted octanol–water partition coefficient (Wildman–Crippen LogP) is 5.04. The van der Waals surface area contributed by atoms with Crippen molar-refractivity contribution in [2.75, 3.05) is 38.7 Å². The Kier molecular flexibility index (Phi) is 7.93. The van der Waals surface area contributed by atoms with E-state index in [-0.39, 0.29) is 34.5 Å². The summed E-state index contributed by atoms with van der Waals surface area (Å²) in [6.07, 6.45) is 5.63. The molecule has 0 saturated carbocycles. The molecule has 9 heteroatoms. The van der Waals surface area contributed by atoms with Gasteiger partial charge in [-0.1, -0.05) is 26.8 Å². The van der Waals surface area contributed by atoms with Gasteiger partial charge in [0.15, 0.2) is 9.84 Å². The Morgan fingerprint density at radius 3 is 2.62 bits per heavy atom. The highest BCUT2D eigenvalue weighted by Crippen LogP contribution is 2.40. The molecule has 3 aliphatic heterocycles. The van der Waals surface area contributed by atoms with Crippen molar-refractivity contribution in [1.29, 1.82) is 0 Å². The number of carbonyl (C=O) groups is 1. The van der Waals surface area contributed by atoms with Crippen molar-refractivity contribution in [2.24, 2.45) is 11.3 Å². The summed E-state index contributed by atoms with van der Waals surface area (Å²) in [5.41, 5.74) is 3.36. The molecule has 8 nitrogen and oxygen atoms in total. The van der Waals surface area contributed by atoms with Gasteiger partial charge in [-0.05, 0) is 66.0 Å². The average Bonchev–Trinajstić information content (AvgIpc) is 3.39. The van der Waals surface area contributed by atoms with Gasteiger partial charge in [0.1, 0.15) is 11.4 Å². The van der Waals surface area contributed by atoms with E-state index in [4.69, 9.17) is 14.2 Å². The Morgan fingerprint density at radius 1 is 1.15 bits per heavy atom. The Morgan fingerprint density at radius 2 is 1.95 bits per heavy atom. The molecule has 1 unspecified atom stereocenters. The van der Waals surface area contributed by atoms with E-state index in [9.17, 15) is 13.2 Å². The summed E-state index contributed by atoms with van der Waals surface area (Å²) in [7, 11) is -3.20. The zero-order chi connectivity index (χ0) is 27.7. The summed E-state index contributed by atoms with van der Waals surface area (Å²) in [5, 5.41) is 0. The van der Waals surface area contributed by atoms with Crippen LogP contribution in [0.1, 0.15) is 57.6 Å². The fourth-order valence-corrected chi connectivity index (χ4v) is 7.34. The van der Waals surface area contributed by atoms with Crippen LogP contribution >= 0.6 is 0 Å². The number of piperidine rings is 1. The number of benzene rings is 1. The number of fused-ring (bicyclic) bond motifs is 1. The lowest BCUT2D eigenvalue weighted by Gasteiger charge is -2.44. The van der Waals surface area contributed by atoms with E-state index >= 15 is 0 Å². The molecule has 1 amide bonds. The van der Waals surface area contributed by atoms with Gasteiger partial charge in [0.05, 0.1) is 30.4 Å². The molecule has 1 atom stereocenters. The molecule has 1 aromatic heterocycles. The third-order valence-corrected chi connectivity index (χ3v) is 9.57. The summed E-state index contributed by atoms with van der Waals surface area (Å²) in [6, 6.07) is 9.90. The van der Waals surface area contributed by atoms with Crippen molar-refractivity contribution in [2.45, 2.75) is 64.2 Å². The number of aromatic nitrogens is 1. The third kappa shape index (κ3) is 7.11. The first kappa shape index (κ1) is 27.9. The maximum atomic E-state index is 12.6. The molecule has 3 aliphatic rings. The molecule has 2 aromatic rings. The van der Waals surface area contributed by atoms with Crippen LogP contribution in [0.4, 0.5) is 4.79 Å². The Balaban J connectivity index is 1.17. The lowest BCUT2D eigenvalue weighted by atomic mass is 9.83. The molecule has 1 aromatic carbocycles. The number of ether oxygens (including phenoxy) is 3. The number of hydrogen-bond donors (Lipinski definition) is 0. The second-order valence-corrected chi connectivity index (χ2v) is 14.7. The standard InChI is InChI=1S/C30H40N2O6S/c1-29(2,3)21-37-28(33)32-13-11-30(12-14-32)10-8-25-16-24(5-7-27(25)38-30)26-6-4-22(17-31-26)19-39(34,35)20-23-9-15-36-18-23/h4-7,16-17,23H,8-15,18-21H2,1-3H3. The second kappa shape index (κ2) is 11.1. The smallest absolute Gasteiger partial charge is 0.409 e. The van der Waals surface area contributed by atoms with Crippen molar-refractivity contribution in [3.05, 3.63) is 47.7 Å². The number of amides is 1. The highest BCUT2D eigenvalue weighted by atomic mass is 32.2. The molecule has 39 heavy (non-hydrogen) atoms. The average molecular weight is 557 g/mol. The first-order valence-electron chi connectivity index (χ1n) is 14.0. The van der Waals surface area contributed by atoms with Crippen LogP contribution in [0.2, 0.25) is 0 Å². The van der Waals surface area contributed by atoms with E-state index in [1.807, 2.05) is 24.3 Å². The lowest BCUT2D eigenvalue weighted by molar-refractivity contribution is -0.0171. The van der Waals surface area contributed by atoms with Crippen LogP contribution < -0.4 is 4.74 Å². The van der Waals surface area contributed by atoms with Gasteiger partial charge < -0.3 is 19.1 Å². The van der Waals surface area contributed by atoms with E-state index < -0.39 is 9.84 Å². The molecule has 212 valence electrons. The SMILES string of the molecule is CC(C)(C)COC(=O)N1CCC2(CCc3cc(-c4ccc(CS(=O)(=O)CC5CCOC5)cn4)ccc3O2)CC1. The number of carbonyl (C=O) groups excluding carboxylic acids is 1. The maximum absolute atomic E-state index is 12.6. The second-order valence-electron chi connectivity index (χ2n) is 12.5. The van der Waals surface area contributed by atoms with Crippen molar-refractivity contribution in [1.82, 2.24) is 9.88 Å². The van der Waals surface area contributed by atoms with Crippen LogP contribution in [0, 0.1) is 11.3 Å². The number of hydrogen-bond acceptors (Lipinski definition) is 7. The molecular weight excluding hydrogens is 516 g/mol. The number of likely N-dealkylation sites (tertiary alicyclic amines) is 1. The number of pyridine rings is 1. The summed E-state index contributed by atoms with van der Waals surface area (Å²) >= 11 is 0. The number of rotatable bonds is 6. The van der Waals surface area contributed by atoms with Crippen molar-refractivity contribution >= 4 is 15.9 Å². The minimum Gasteiger partial charge on any atom is -0.487 e. The maximum Gasteiger partial charge on any atom is 0.409 e. The van der Waals surface area contributed by atoms with Gasteiger partial charge in [-0.25, -0.2) is 13.2 Å². The predicted molar refractivity (Wildman–Crippen MR) is 149 cm³/mol. The normalized spacial score (nSPS) is 20.9. The molecule has 5 rings (SSSR count). The van der Waals surface area contributed by atoms with Gasteiger partial charge in [0.2, 0.25) is 0 Å². The Hall–Kier alpha value is -2.65. The van der Waals surface area contributed by atoms with Gasteiger partial charge in [0.25, 0.3) is 0 Å². The summed E-state index contributed by atoms with van der Waals surface area (Å²) in [6.45, 7) is 9.02. The van der Waals surface area contributed by atoms with Crippen LogP contribution in [0.5, 0.6) is 5.75 Å². The summed E-state index contributed by atoms with van der Waals surface area (Å²) in [4.78, 5) is 18.8. The van der Waals surface area contributed by atoms with Crippen LogP contribution in [0.15, 0.2) is 36.5 Å². The minimum absolute atomic E-state index is 0.00261. The number of sulfone groups is 1. The van der Waals surface area contributed by atoms with Crippen LogP contribution in [0.25, 0.3) is 11.3 Å². The molecule has 0 N–H and O–H groups in total. The largest absolute Gasteiger partial charge is 0.487 e.